The van der Waals surface area contributed by atoms with E-state index in [1.807, 2.05) is 24.3 Å². The van der Waals surface area contributed by atoms with Crippen LogP contribution in [0.2, 0.25) is 0 Å². The molecule has 0 bridgehead atoms. The molecule has 0 amide bonds. The third-order valence-corrected chi connectivity index (χ3v) is 3.85. The second-order valence-electron chi connectivity index (χ2n) is 5.68. The summed E-state index contributed by atoms with van der Waals surface area (Å²) in [7, 11) is 1.65. The molecule has 144 valence electrons. The molecule has 2 N–H and O–H groups in total. The molecule has 4 rings (SSSR count). The van der Waals surface area contributed by atoms with Crippen molar-refractivity contribution < 1.29 is 17.9 Å². The molecule has 0 unspecified atom stereocenters. The highest BCUT2D eigenvalue weighted by molar-refractivity contribution is 5.56. The van der Waals surface area contributed by atoms with Crippen LogP contribution < -0.4 is 4.74 Å². The average molecular weight is 386 g/mol. The van der Waals surface area contributed by atoms with E-state index in [2.05, 4.69) is 19.9 Å². The molecule has 0 aliphatic heterocycles. The molecule has 2 aromatic carbocycles. The first-order valence-electron chi connectivity index (χ1n) is 8.28. The van der Waals surface area contributed by atoms with E-state index in [0.717, 1.165) is 29.3 Å². The summed E-state index contributed by atoms with van der Waals surface area (Å²) < 4.78 is 41.8. The van der Waals surface area contributed by atoms with E-state index in [-0.39, 0.29) is 0 Å². The number of ether oxygens (including phenoxy) is 1. The van der Waals surface area contributed by atoms with E-state index in [9.17, 15) is 13.2 Å². The second kappa shape index (κ2) is 8.43. The highest BCUT2D eigenvalue weighted by atomic mass is 19.4. The van der Waals surface area contributed by atoms with Crippen LogP contribution in [-0.4, -0.2) is 27.0 Å². The van der Waals surface area contributed by atoms with Crippen LogP contribution in [0.3, 0.4) is 0 Å². The minimum Gasteiger partial charge on any atom is -0.497 e. The topological polar surface area (TPSA) is 66.6 Å². The standard InChI is InChI=1S/C10H7F3N2.C10H10N2O/c11-10(12,13)8-3-1-7(2-4-8)9-14-5-6-15-9;1-13-9-4-2-8(3-5-9)10-11-6-7-12-10/h1-6H,(H,14,15);2-7H,1H3,(H,11,12). The highest BCUT2D eigenvalue weighted by Gasteiger charge is 2.29. The molecule has 0 fully saturated rings. The molecule has 0 radical (unpaired) electrons. The van der Waals surface area contributed by atoms with E-state index in [1.54, 1.807) is 31.9 Å². The smallest absolute Gasteiger partial charge is 0.416 e. The lowest BCUT2D eigenvalue weighted by atomic mass is 10.1. The van der Waals surface area contributed by atoms with E-state index in [0.29, 0.717) is 11.4 Å². The number of hydrogen-bond acceptors (Lipinski definition) is 3. The van der Waals surface area contributed by atoms with Gasteiger partial charge in [0.2, 0.25) is 0 Å². The number of H-pyrrole nitrogens is 2. The lowest BCUT2D eigenvalue weighted by Gasteiger charge is -2.06. The number of aromatic nitrogens is 4. The number of halogens is 3. The summed E-state index contributed by atoms with van der Waals surface area (Å²) in [5, 5.41) is 0. The molecule has 28 heavy (non-hydrogen) atoms. The normalized spacial score (nSPS) is 10.9. The Balaban J connectivity index is 0.000000162. The maximum atomic E-state index is 12.2. The Labute approximate surface area is 159 Å². The van der Waals surface area contributed by atoms with Gasteiger partial charge in [-0.05, 0) is 36.4 Å². The van der Waals surface area contributed by atoms with E-state index in [1.165, 1.54) is 12.1 Å². The number of benzene rings is 2. The molecule has 2 aromatic heterocycles. The van der Waals surface area contributed by atoms with Crippen molar-refractivity contribution in [3.63, 3.8) is 0 Å². The van der Waals surface area contributed by atoms with E-state index < -0.39 is 11.7 Å². The fourth-order valence-corrected chi connectivity index (χ4v) is 2.41. The number of rotatable bonds is 3. The van der Waals surface area contributed by atoms with Crippen molar-refractivity contribution in [2.24, 2.45) is 0 Å². The van der Waals surface area contributed by atoms with Gasteiger partial charge in [0.05, 0.1) is 12.7 Å². The monoisotopic (exact) mass is 386 g/mol. The third kappa shape index (κ3) is 4.79. The zero-order valence-corrected chi connectivity index (χ0v) is 14.9. The Morgan fingerprint density at radius 3 is 1.57 bits per heavy atom. The Morgan fingerprint density at radius 1 is 0.750 bits per heavy atom. The van der Waals surface area contributed by atoms with Crippen LogP contribution in [0.15, 0.2) is 73.3 Å². The van der Waals surface area contributed by atoms with Crippen molar-refractivity contribution in [2.75, 3.05) is 7.11 Å². The first-order chi connectivity index (χ1) is 13.5. The Hall–Kier alpha value is -3.55. The van der Waals surface area contributed by atoms with Gasteiger partial charge in [-0.2, -0.15) is 13.2 Å². The maximum absolute atomic E-state index is 12.2. The van der Waals surface area contributed by atoms with Crippen LogP contribution >= 0.6 is 0 Å². The van der Waals surface area contributed by atoms with Gasteiger partial charge in [0.1, 0.15) is 17.4 Å². The van der Waals surface area contributed by atoms with Crippen LogP contribution in [0.5, 0.6) is 5.75 Å². The first-order valence-corrected chi connectivity index (χ1v) is 8.28. The van der Waals surface area contributed by atoms with E-state index >= 15 is 0 Å². The predicted octanol–water partition coefficient (Wildman–Crippen LogP) is 5.18. The number of nitrogens with one attached hydrogen (secondary N) is 2. The summed E-state index contributed by atoms with van der Waals surface area (Å²) in [6.07, 6.45) is 2.42. The first kappa shape index (κ1) is 19.2. The second-order valence-corrected chi connectivity index (χ2v) is 5.68. The summed E-state index contributed by atoms with van der Waals surface area (Å²) in [6.45, 7) is 0. The summed E-state index contributed by atoms with van der Waals surface area (Å²) in [5.74, 6) is 2.29. The van der Waals surface area contributed by atoms with Crippen LogP contribution in [-0.2, 0) is 6.18 Å². The van der Waals surface area contributed by atoms with Gasteiger partial charge in [-0.25, -0.2) is 9.97 Å². The molecule has 8 heteroatoms. The average Bonchev–Trinajstić information content (AvgIpc) is 3.42. The molecule has 0 atom stereocenters. The van der Waals surface area contributed by atoms with Crippen LogP contribution in [0.1, 0.15) is 5.56 Å². The molecule has 4 aromatic rings. The molecule has 0 aliphatic carbocycles. The highest BCUT2D eigenvalue weighted by Crippen LogP contribution is 2.30. The largest absolute Gasteiger partial charge is 0.497 e. The van der Waals surface area contributed by atoms with Crippen molar-refractivity contribution >= 4 is 0 Å². The van der Waals surface area contributed by atoms with Crippen LogP contribution in [0, 0.1) is 0 Å². The van der Waals surface area contributed by atoms with E-state index in [4.69, 9.17) is 4.74 Å². The molecule has 2 heterocycles. The van der Waals surface area contributed by atoms with Gasteiger partial charge >= 0.3 is 6.18 Å². The van der Waals surface area contributed by atoms with Gasteiger partial charge < -0.3 is 14.7 Å². The Morgan fingerprint density at radius 2 is 1.21 bits per heavy atom. The van der Waals surface area contributed by atoms with Gasteiger partial charge in [0.15, 0.2) is 0 Å². The molecule has 0 saturated carbocycles. The molecule has 0 saturated heterocycles. The van der Waals surface area contributed by atoms with Crippen molar-refractivity contribution in [2.45, 2.75) is 6.18 Å². The number of alkyl halides is 3. The van der Waals surface area contributed by atoms with Gasteiger partial charge in [0.25, 0.3) is 0 Å². The number of aromatic amines is 2. The fraction of sp³-hybridized carbons (Fsp3) is 0.100. The third-order valence-electron chi connectivity index (χ3n) is 3.85. The summed E-state index contributed by atoms with van der Waals surface area (Å²) >= 11 is 0. The maximum Gasteiger partial charge on any atom is 0.416 e. The minimum absolute atomic E-state index is 0.559. The number of methoxy groups -OCH3 is 1. The van der Waals surface area contributed by atoms with Gasteiger partial charge in [0, 0.05) is 35.9 Å². The SMILES string of the molecule is COc1ccc(-c2ncc[nH]2)cc1.FC(F)(F)c1ccc(-c2ncc[nH]2)cc1. The molecular formula is C20H17F3N4O. The van der Waals surface area contributed by atoms with Gasteiger partial charge in [-0.3, -0.25) is 0 Å². The van der Waals surface area contributed by atoms with Crippen molar-refractivity contribution in [3.8, 4) is 28.5 Å². The molecule has 5 nitrogen and oxygen atoms in total. The Bertz CT molecular complexity index is 962. The van der Waals surface area contributed by atoms with Gasteiger partial charge in [-0.1, -0.05) is 12.1 Å². The van der Waals surface area contributed by atoms with Crippen molar-refractivity contribution in [1.82, 2.24) is 19.9 Å². The lowest BCUT2D eigenvalue weighted by molar-refractivity contribution is -0.137. The minimum atomic E-state index is -4.29. The zero-order chi connectivity index (χ0) is 20.0. The molecule has 0 spiro atoms. The number of nitrogens with zero attached hydrogens (tertiary/aromatic N) is 2. The van der Waals surface area contributed by atoms with Crippen molar-refractivity contribution in [3.05, 3.63) is 78.9 Å². The molecular weight excluding hydrogens is 369 g/mol. The summed E-state index contributed by atoms with van der Waals surface area (Å²) in [5.41, 5.74) is 1.04. The number of hydrogen-bond donors (Lipinski definition) is 2. The quantitative estimate of drug-likeness (QED) is 0.510. The summed E-state index contributed by atoms with van der Waals surface area (Å²) in [4.78, 5) is 13.9. The lowest BCUT2D eigenvalue weighted by Crippen LogP contribution is -2.04. The predicted molar refractivity (Wildman–Crippen MR) is 99.6 cm³/mol. The summed E-state index contributed by atoms with van der Waals surface area (Å²) in [6, 6.07) is 12.6. The van der Waals surface area contributed by atoms with Gasteiger partial charge in [-0.15, -0.1) is 0 Å². The number of imidazole rings is 2. The zero-order valence-electron chi connectivity index (χ0n) is 14.9. The van der Waals surface area contributed by atoms with Crippen LogP contribution in [0.4, 0.5) is 13.2 Å². The Kier molecular flexibility index (Phi) is 5.78. The van der Waals surface area contributed by atoms with Crippen LogP contribution in [0.25, 0.3) is 22.8 Å². The fourth-order valence-electron chi connectivity index (χ4n) is 2.41. The van der Waals surface area contributed by atoms with Crippen molar-refractivity contribution in [1.29, 1.82) is 0 Å². The molecule has 0 aliphatic rings.